The number of aromatic nitrogens is 2. The van der Waals surface area contributed by atoms with Crippen LogP contribution in [-0.2, 0) is 18.4 Å². The van der Waals surface area contributed by atoms with Crippen molar-refractivity contribution in [3.05, 3.63) is 18.2 Å². The molecule has 1 aromatic rings. The predicted octanol–water partition coefficient (Wildman–Crippen LogP) is 1.04. The molecule has 1 unspecified atom stereocenters. The van der Waals surface area contributed by atoms with Crippen LogP contribution < -0.4 is 5.73 Å². The Morgan fingerprint density at radius 2 is 2.21 bits per heavy atom. The zero-order valence-corrected chi connectivity index (χ0v) is 11.7. The van der Waals surface area contributed by atoms with Crippen molar-refractivity contribution in [3.63, 3.8) is 0 Å². The van der Waals surface area contributed by atoms with Gasteiger partial charge in [-0.15, -0.1) is 0 Å². The highest BCUT2D eigenvalue weighted by molar-refractivity contribution is 5.87. The molecule has 2 fully saturated rings. The van der Waals surface area contributed by atoms with E-state index in [1.54, 1.807) is 6.20 Å². The molecule has 2 N–H and O–H groups in total. The lowest BCUT2D eigenvalue weighted by atomic mass is 9.95. The van der Waals surface area contributed by atoms with Gasteiger partial charge in [-0.25, -0.2) is 4.98 Å². The number of nitrogens with zero attached hydrogens (tertiary/aromatic N) is 3. The number of imidazole rings is 1. The van der Waals surface area contributed by atoms with E-state index in [4.69, 9.17) is 5.73 Å². The largest absolute Gasteiger partial charge is 0.337 e. The summed E-state index contributed by atoms with van der Waals surface area (Å²) in [5.41, 5.74) is 5.58. The number of hydrogen-bond acceptors (Lipinski definition) is 3. The first-order valence-electron chi connectivity index (χ1n) is 7.06. The molecule has 2 aliphatic rings. The van der Waals surface area contributed by atoms with Crippen LogP contribution in [0.25, 0.3) is 0 Å². The molecular weight excluding hydrogens is 240 g/mol. The van der Waals surface area contributed by atoms with Gasteiger partial charge >= 0.3 is 0 Å². The Kier molecular flexibility index (Phi) is 2.89. The Morgan fingerprint density at radius 1 is 1.53 bits per heavy atom. The van der Waals surface area contributed by atoms with E-state index in [2.05, 4.69) is 4.98 Å². The molecule has 5 nitrogen and oxygen atoms in total. The molecule has 0 spiro atoms. The number of amides is 1. The molecule has 1 heterocycles. The van der Waals surface area contributed by atoms with Crippen molar-refractivity contribution >= 4 is 5.91 Å². The molecule has 0 bridgehead atoms. The molecule has 2 saturated carbocycles. The van der Waals surface area contributed by atoms with E-state index in [0.29, 0.717) is 18.5 Å². The van der Waals surface area contributed by atoms with Crippen molar-refractivity contribution in [2.75, 3.05) is 0 Å². The zero-order chi connectivity index (χ0) is 13.6. The Morgan fingerprint density at radius 3 is 2.68 bits per heavy atom. The Bertz CT molecular complexity index is 485. The number of carbonyl (C=O) groups is 1. The first-order chi connectivity index (χ1) is 9.00. The Hall–Kier alpha value is -1.36. The summed E-state index contributed by atoms with van der Waals surface area (Å²) in [6.45, 7) is 2.47. The molecule has 19 heavy (non-hydrogen) atoms. The lowest BCUT2D eigenvalue weighted by Gasteiger charge is -2.32. The first kappa shape index (κ1) is 12.7. The lowest BCUT2D eigenvalue weighted by Crippen LogP contribution is -2.55. The van der Waals surface area contributed by atoms with Crippen molar-refractivity contribution in [2.24, 2.45) is 18.7 Å². The quantitative estimate of drug-likeness (QED) is 0.862. The molecule has 1 amide bonds. The highest BCUT2D eigenvalue weighted by Crippen LogP contribution is 2.40. The van der Waals surface area contributed by atoms with E-state index in [1.165, 1.54) is 0 Å². The fourth-order valence-corrected chi connectivity index (χ4v) is 2.62. The third-order valence-electron chi connectivity index (χ3n) is 4.37. The molecule has 1 atom stereocenters. The summed E-state index contributed by atoms with van der Waals surface area (Å²) < 4.78 is 1.97. The van der Waals surface area contributed by atoms with Crippen molar-refractivity contribution < 1.29 is 4.79 Å². The predicted molar refractivity (Wildman–Crippen MR) is 72.1 cm³/mol. The minimum Gasteiger partial charge on any atom is -0.337 e. The van der Waals surface area contributed by atoms with Gasteiger partial charge in [-0.3, -0.25) is 4.79 Å². The summed E-state index contributed by atoms with van der Waals surface area (Å²) >= 11 is 0. The van der Waals surface area contributed by atoms with Gasteiger partial charge in [-0.1, -0.05) is 0 Å². The van der Waals surface area contributed by atoms with E-state index in [1.807, 2.05) is 29.6 Å². The van der Waals surface area contributed by atoms with Gasteiger partial charge in [-0.05, 0) is 38.5 Å². The Labute approximate surface area is 113 Å². The molecule has 0 saturated heterocycles. The number of hydrogen-bond donors (Lipinski definition) is 1. The van der Waals surface area contributed by atoms with Crippen molar-refractivity contribution in [2.45, 2.75) is 50.7 Å². The van der Waals surface area contributed by atoms with Crippen LogP contribution in [-0.4, -0.2) is 31.9 Å². The van der Waals surface area contributed by atoms with Crippen molar-refractivity contribution in [1.29, 1.82) is 0 Å². The second-order valence-electron chi connectivity index (χ2n) is 6.18. The van der Waals surface area contributed by atoms with E-state index in [0.717, 1.165) is 31.5 Å². The fourth-order valence-electron chi connectivity index (χ4n) is 2.62. The maximum absolute atomic E-state index is 12.7. The average molecular weight is 262 g/mol. The number of nitrogens with two attached hydrogens (primary N) is 1. The zero-order valence-electron chi connectivity index (χ0n) is 11.7. The normalized spacial score (nSPS) is 22.1. The molecular formula is C14H22N4O. The fraction of sp³-hybridized carbons (Fsp3) is 0.714. The number of aryl methyl sites for hydroxylation is 1. The topological polar surface area (TPSA) is 64.2 Å². The maximum Gasteiger partial charge on any atom is 0.243 e. The summed E-state index contributed by atoms with van der Waals surface area (Å²) in [5, 5.41) is 0. The Balaban J connectivity index is 1.77. The van der Waals surface area contributed by atoms with E-state index >= 15 is 0 Å². The summed E-state index contributed by atoms with van der Waals surface area (Å²) in [5.74, 6) is 1.38. The average Bonchev–Trinajstić information content (AvgIpc) is 3.25. The lowest BCUT2D eigenvalue weighted by molar-refractivity contribution is -0.138. The second-order valence-corrected chi connectivity index (χ2v) is 6.18. The van der Waals surface area contributed by atoms with Crippen LogP contribution in [0.5, 0.6) is 0 Å². The maximum atomic E-state index is 12.7. The summed E-state index contributed by atoms with van der Waals surface area (Å²) in [7, 11) is 1.96. The van der Waals surface area contributed by atoms with Gasteiger partial charge in [0.05, 0.1) is 12.1 Å². The van der Waals surface area contributed by atoms with Gasteiger partial charge in [-0.2, -0.15) is 0 Å². The van der Waals surface area contributed by atoms with Gasteiger partial charge in [0.2, 0.25) is 5.91 Å². The molecule has 0 radical (unpaired) electrons. The van der Waals surface area contributed by atoms with Crippen LogP contribution in [0.1, 0.15) is 38.4 Å². The summed E-state index contributed by atoms with van der Waals surface area (Å²) in [4.78, 5) is 19.0. The van der Waals surface area contributed by atoms with E-state index in [-0.39, 0.29) is 5.91 Å². The molecule has 1 aromatic heterocycles. The van der Waals surface area contributed by atoms with Crippen molar-refractivity contribution in [1.82, 2.24) is 14.5 Å². The van der Waals surface area contributed by atoms with Crippen LogP contribution in [0.2, 0.25) is 0 Å². The third kappa shape index (κ3) is 2.39. The molecule has 0 aromatic carbocycles. The van der Waals surface area contributed by atoms with Gasteiger partial charge in [0.1, 0.15) is 5.82 Å². The van der Waals surface area contributed by atoms with Crippen LogP contribution in [0, 0.1) is 5.92 Å². The van der Waals surface area contributed by atoms with E-state index < -0.39 is 5.54 Å². The van der Waals surface area contributed by atoms with Gasteiger partial charge in [0, 0.05) is 25.5 Å². The number of carbonyl (C=O) groups excluding carboxylic acids is 1. The molecule has 5 heteroatoms. The summed E-state index contributed by atoms with van der Waals surface area (Å²) in [6.07, 6.45) is 8.04. The molecule has 3 rings (SSSR count). The van der Waals surface area contributed by atoms with Crippen LogP contribution in [0.4, 0.5) is 0 Å². The molecule has 104 valence electrons. The van der Waals surface area contributed by atoms with Crippen LogP contribution in [0.15, 0.2) is 12.4 Å². The monoisotopic (exact) mass is 262 g/mol. The van der Waals surface area contributed by atoms with Crippen LogP contribution in [0.3, 0.4) is 0 Å². The standard InChI is InChI=1S/C14H22N4O/c1-14(15,10-3-4-10)13(19)18(11-5-6-11)9-12-16-7-8-17(12)2/h7-8,10-11H,3-6,9,15H2,1-2H3. The SMILES string of the molecule is Cn1ccnc1CN(C(=O)C(C)(N)C1CC1)C1CC1. The third-order valence-corrected chi connectivity index (χ3v) is 4.37. The molecule has 2 aliphatic carbocycles. The smallest absolute Gasteiger partial charge is 0.243 e. The second kappa shape index (κ2) is 4.34. The first-order valence-corrected chi connectivity index (χ1v) is 7.06. The minimum absolute atomic E-state index is 0.0977. The van der Waals surface area contributed by atoms with Gasteiger partial charge in [0.25, 0.3) is 0 Å². The number of rotatable bonds is 5. The van der Waals surface area contributed by atoms with Gasteiger partial charge < -0.3 is 15.2 Å². The van der Waals surface area contributed by atoms with Crippen molar-refractivity contribution in [3.8, 4) is 0 Å². The molecule has 0 aliphatic heterocycles. The summed E-state index contributed by atoms with van der Waals surface area (Å²) in [6, 6.07) is 0.367. The van der Waals surface area contributed by atoms with E-state index in [9.17, 15) is 4.79 Å². The minimum atomic E-state index is -0.701. The highest BCUT2D eigenvalue weighted by Gasteiger charge is 2.48. The van der Waals surface area contributed by atoms with Crippen LogP contribution >= 0.6 is 0 Å². The van der Waals surface area contributed by atoms with Gasteiger partial charge in [0.15, 0.2) is 0 Å². The highest BCUT2D eigenvalue weighted by atomic mass is 16.2.